The van der Waals surface area contributed by atoms with E-state index in [4.69, 9.17) is 4.74 Å². The zero-order chi connectivity index (χ0) is 22.8. The predicted octanol–water partition coefficient (Wildman–Crippen LogP) is 3.14. The SMILES string of the molecule is Cc1cc(C(=O)OCC(=O)Nc2c(C)n(C)n(-c3ccccc3)c2=O)c2ccccc2n1. The van der Waals surface area contributed by atoms with E-state index in [1.165, 1.54) is 4.68 Å². The van der Waals surface area contributed by atoms with E-state index in [1.807, 2.05) is 30.3 Å². The van der Waals surface area contributed by atoms with Gasteiger partial charge in [0.2, 0.25) is 0 Å². The van der Waals surface area contributed by atoms with Crippen molar-refractivity contribution in [1.82, 2.24) is 14.3 Å². The van der Waals surface area contributed by atoms with Gasteiger partial charge in [0.25, 0.3) is 11.5 Å². The summed E-state index contributed by atoms with van der Waals surface area (Å²) >= 11 is 0. The first kappa shape index (κ1) is 21.0. The molecule has 32 heavy (non-hydrogen) atoms. The number of rotatable bonds is 5. The number of para-hydroxylation sites is 2. The molecule has 1 amide bonds. The summed E-state index contributed by atoms with van der Waals surface area (Å²) in [6.45, 7) is 2.99. The van der Waals surface area contributed by atoms with E-state index in [1.54, 1.807) is 55.9 Å². The lowest BCUT2D eigenvalue weighted by Crippen LogP contribution is -2.26. The molecule has 0 saturated heterocycles. The molecule has 4 aromatic rings. The van der Waals surface area contributed by atoms with E-state index < -0.39 is 18.5 Å². The number of hydrogen-bond acceptors (Lipinski definition) is 5. The fourth-order valence-corrected chi connectivity index (χ4v) is 3.57. The van der Waals surface area contributed by atoms with Crippen molar-refractivity contribution in [1.29, 1.82) is 0 Å². The van der Waals surface area contributed by atoms with E-state index in [9.17, 15) is 14.4 Å². The Hall–Kier alpha value is -4.20. The number of nitrogens with one attached hydrogen (secondary N) is 1. The number of pyridine rings is 1. The Labute approximate surface area is 184 Å². The molecule has 0 aliphatic rings. The van der Waals surface area contributed by atoms with Crippen LogP contribution in [0.4, 0.5) is 5.69 Å². The largest absolute Gasteiger partial charge is 0.452 e. The van der Waals surface area contributed by atoms with Gasteiger partial charge >= 0.3 is 5.97 Å². The molecule has 4 rings (SSSR count). The molecule has 8 heteroatoms. The van der Waals surface area contributed by atoms with Gasteiger partial charge in [-0.2, -0.15) is 0 Å². The van der Waals surface area contributed by atoms with Gasteiger partial charge in [-0.1, -0.05) is 36.4 Å². The fraction of sp³-hybridized carbons (Fsp3) is 0.167. The summed E-state index contributed by atoms with van der Waals surface area (Å²) in [5.41, 5.74) is 2.70. The first-order valence-electron chi connectivity index (χ1n) is 10.0. The quantitative estimate of drug-likeness (QED) is 0.491. The number of hydrogen-bond donors (Lipinski definition) is 1. The molecule has 0 radical (unpaired) electrons. The van der Waals surface area contributed by atoms with Gasteiger partial charge in [0.1, 0.15) is 5.69 Å². The summed E-state index contributed by atoms with van der Waals surface area (Å²) in [5.74, 6) is -1.23. The van der Waals surface area contributed by atoms with Crippen LogP contribution in [0.15, 0.2) is 65.5 Å². The zero-order valence-corrected chi connectivity index (χ0v) is 18.0. The van der Waals surface area contributed by atoms with Crippen molar-refractivity contribution in [3.8, 4) is 5.69 Å². The van der Waals surface area contributed by atoms with Gasteiger partial charge in [-0.15, -0.1) is 0 Å². The molecule has 0 unspecified atom stereocenters. The maximum Gasteiger partial charge on any atom is 0.339 e. The molecule has 0 atom stereocenters. The van der Waals surface area contributed by atoms with Crippen molar-refractivity contribution >= 4 is 28.5 Å². The minimum Gasteiger partial charge on any atom is -0.452 e. The molecular weight excluding hydrogens is 408 g/mol. The lowest BCUT2D eigenvalue weighted by molar-refractivity contribution is -0.119. The highest BCUT2D eigenvalue weighted by atomic mass is 16.5. The van der Waals surface area contributed by atoms with E-state index in [2.05, 4.69) is 10.3 Å². The summed E-state index contributed by atoms with van der Waals surface area (Å²) in [5, 5.41) is 3.23. The molecule has 2 aromatic heterocycles. The first-order chi connectivity index (χ1) is 15.4. The number of nitrogens with zero attached hydrogens (tertiary/aromatic N) is 3. The highest BCUT2D eigenvalue weighted by molar-refractivity contribution is 6.04. The Morgan fingerprint density at radius 2 is 1.72 bits per heavy atom. The van der Waals surface area contributed by atoms with Crippen molar-refractivity contribution in [3.05, 3.63) is 88.0 Å². The lowest BCUT2D eigenvalue weighted by atomic mass is 10.1. The first-order valence-corrected chi connectivity index (χ1v) is 10.0. The number of anilines is 1. The van der Waals surface area contributed by atoms with Crippen LogP contribution in [0, 0.1) is 13.8 Å². The van der Waals surface area contributed by atoms with Crippen molar-refractivity contribution in [2.24, 2.45) is 7.05 Å². The number of carbonyl (C=O) groups is 2. The summed E-state index contributed by atoms with van der Waals surface area (Å²) in [7, 11) is 1.73. The van der Waals surface area contributed by atoms with Gasteiger partial charge in [-0.25, -0.2) is 9.48 Å². The molecule has 0 bridgehead atoms. The van der Waals surface area contributed by atoms with Crippen LogP contribution in [0.5, 0.6) is 0 Å². The van der Waals surface area contributed by atoms with Gasteiger partial charge in [-0.05, 0) is 38.1 Å². The third-order valence-corrected chi connectivity index (χ3v) is 5.22. The average Bonchev–Trinajstić information content (AvgIpc) is 3.00. The Kier molecular flexibility index (Phi) is 5.59. The van der Waals surface area contributed by atoms with Crippen LogP contribution in [-0.2, 0) is 16.6 Å². The highest BCUT2D eigenvalue weighted by Gasteiger charge is 2.20. The molecule has 0 aliphatic carbocycles. The number of carbonyl (C=O) groups excluding carboxylic acids is 2. The summed E-state index contributed by atoms with van der Waals surface area (Å²) in [6, 6.07) is 18.0. The van der Waals surface area contributed by atoms with E-state index >= 15 is 0 Å². The van der Waals surface area contributed by atoms with Crippen LogP contribution >= 0.6 is 0 Å². The van der Waals surface area contributed by atoms with E-state index in [0.717, 1.165) is 0 Å². The van der Waals surface area contributed by atoms with Crippen LogP contribution in [0.25, 0.3) is 16.6 Å². The van der Waals surface area contributed by atoms with Crippen LogP contribution in [0.1, 0.15) is 21.7 Å². The molecule has 0 fully saturated rings. The molecule has 162 valence electrons. The molecular formula is C24H22N4O4. The van der Waals surface area contributed by atoms with Gasteiger partial charge < -0.3 is 10.1 Å². The zero-order valence-electron chi connectivity index (χ0n) is 18.0. The second-order valence-corrected chi connectivity index (χ2v) is 7.39. The number of aryl methyl sites for hydroxylation is 1. The number of amides is 1. The third kappa shape index (κ3) is 3.90. The monoisotopic (exact) mass is 430 g/mol. The predicted molar refractivity (Wildman–Crippen MR) is 121 cm³/mol. The molecule has 8 nitrogen and oxygen atoms in total. The average molecular weight is 430 g/mol. The molecule has 0 aliphatic heterocycles. The van der Waals surface area contributed by atoms with Crippen molar-refractivity contribution in [2.75, 3.05) is 11.9 Å². The smallest absolute Gasteiger partial charge is 0.339 e. The van der Waals surface area contributed by atoms with E-state index in [0.29, 0.717) is 33.5 Å². The number of benzene rings is 2. The van der Waals surface area contributed by atoms with Crippen molar-refractivity contribution in [3.63, 3.8) is 0 Å². The highest BCUT2D eigenvalue weighted by Crippen LogP contribution is 2.19. The number of aromatic nitrogens is 3. The lowest BCUT2D eigenvalue weighted by Gasteiger charge is -2.09. The van der Waals surface area contributed by atoms with Crippen molar-refractivity contribution < 1.29 is 14.3 Å². The van der Waals surface area contributed by atoms with Gasteiger partial charge in [-0.3, -0.25) is 19.3 Å². The standard InChI is InChI=1S/C24H22N4O4/c1-15-13-19(18-11-7-8-12-20(18)25-15)24(31)32-14-21(29)26-22-16(2)27(3)28(23(22)30)17-9-5-4-6-10-17/h4-13H,14H2,1-3H3,(H,26,29). The summed E-state index contributed by atoms with van der Waals surface area (Å²) in [4.78, 5) is 42.4. The van der Waals surface area contributed by atoms with Crippen LogP contribution in [-0.4, -0.2) is 32.8 Å². The number of esters is 1. The van der Waals surface area contributed by atoms with Crippen LogP contribution in [0.2, 0.25) is 0 Å². The minimum atomic E-state index is -0.631. The Morgan fingerprint density at radius 3 is 2.47 bits per heavy atom. The van der Waals surface area contributed by atoms with Gasteiger partial charge in [0.15, 0.2) is 6.61 Å². The molecule has 2 aromatic carbocycles. The number of fused-ring (bicyclic) bond motifs is 1. The van der Waals surface area contributed by atoms with Crippen LogP contribution in [0.3, 0.4) is 0 Å². The van der Waals surface area contributed by atoms with Gasteiger partial charge in [0, 0.05) is 18.1 Å². The Bertz CT molecular complexity index is 1390. The van der Waals surface area contributed by atoms with Crippen LogP contribution < -0.4 is 10.9 Å². The van der Waals surface area contributed by atoms with Crippen molar-refractivity contribution in [2.45, 2.75) is 13.8 Å². The molecule has 1 N–H and O–H groups in total. The topological polar surface area (TPSA) is 95.2 Å². The second-order valence-electron chi connectivity index (χ2n) is 7.39. The molecule has 2 heterocycles. The Morgan fingerprint density at radius 1 is 1.03 bits per heavy atom. The molecule has 0 spiro atoms. The van der Waals surface area contributed by atoms with E-state index in [-0.39, 0.29) is 11.2 Å². The fourth-order valence-electron chi connectivity index (χ4n) is 3.57. The molecule has 0 saturated carbocycles. The summed E-state index contributed by atoms with van der Waals surface area (Å²) < 4.78 is 8.35. The number of ether oxygens (including phenoxy) is 1. The summed E-state index contributed by atoms with van der Waals surface area (Å²) in [6.07, 6.45) is 0. The second kappa shape index (κ2) is 8.50. The maximum atomic E-state index is 12.9. The third-order valence-electron chi connectivity index (χ3n) is 5.22. The van der Waals surface area contributed by atoms with Gasteiger partial charge in [0.05, 0.1) is 22.5 Å². The maximum absolute atomic E-state index is 12.9. The minimum absolute atomic E-state index is 0.141. The Balaban J connectivity index is 1.51. The normalized spacial score (nSPS) is 10.8.